The summed E-state index contributed by atoms with van der Waals surface area (Å²) in [7, 11) is 0. The Morgan fingerprint density at radius 3 is 2.71 bits per heavy atom. The molecule has 5 rings (SSSR count). The van der Waals surface area contributed by atoms with Crippen molar-refractivity contribution in [3.63, 3.8) is 0 Å². The molecule has 0 aliphatic heterocycles. The molecule has 0 fully saturated rings. The highest BCUT2D eigenvalue weighted by Crippen LogP contribution is 2.31. The van der Waals surface area contributed by atoms with Gasteiger partial charge in [-0.25, -0.2) is 4.98 Å². The normalized spacial score (nSPS) is 11.9. The first-order chi connectivity index (χ1) is 16.9. The SMILES string of the molecule is CCOC(=O)Cn1c(=NC(=O)c2cc(-c3cccs3)nc3ccccc23)sc2cc(Cl)cc(Cl)c21. The maximum Gasteiger partial charge on any atom is 0.326 e. The number of pyridine rings is 1. The largest absolute Gasteiger partial charge is 0.465 e. The van der Waals surface area contributed by atoms with Crippen LogP contribution in [0.3, 0.4) is 0 Å². The Bertz CT molecular complexity index is 1660. The van der Waals surface area contributed by atoms with Crippen LogP contribution in [0.4, 0.5) is 0 Å². The van der Waals surface area contributed by atoms with Crippen molar-refractivity contribution in [3.8, 4) is 10.6 Å². The molecule has 0 saturated heterocycles. The van der Waals surface area contributed by atoms with Crippen LogP contribution in [0, 0.1) is 0 Å². The summed E-state index contributed by atoms with van der Waals surface area (Å²) in [6.45, 7) is 1.83. The molecule has 0 radical (unpaired) electrons. The van der Waals surface area contributed by atoms with Crippen molar-refractivity contribution >= 4 is 78.9 Å². The first-order valence-electron chi connectivity index (χ1n) is 10.6. The van der Waals surface area contributed by atoms with Crippen molar-refractivity contribution in [1.82, 2.24) is 9.55 Å². The van der Waals surface area contributed by atoms with Crippen LogP contribution in [-0.4, -0.2) is 28.0 Å². The highest BCUT2D eigenvalue weighted by atomic mass is 35.5. The summed E-state index contributed by atoms with van der Waals surface area (Å²) >= 11 is 15.4. The predicted molar refractivity (Wildman–Crippen MR) is 141 cm³/mol. The molecule has 0 aliphatic rings. The second-order valence-corrected chi connectivity index (χ2v) is 10.3. The number of carbonyl (C=O) groups excluding carboxylic acids is 2. The molecule has 5 aromatic rings. The Morgan fingerprint density at radius 2 is 1.94 bits per heavy atom. The standard InChI is InChI=1S/C25H17Cl2N3O3S2/c1-2-33-22(31)13-30-23-17(27)10-14(26)11-21(23)35-25(30)29-24(32)16-12-19(20-8-5-9-34-20)28-18-7-4-3-6-15(16)18/h3-12H,2,13H2,1H3. The molecule has 0 bridgehead atoms. The number of thiophene rings is 1. The van der Waals surface area contributed by atoms with Gasteiger partial charge in [0, 0.05) is 10.4 Å². The van der Waals surface area contributed by atoms with Gasteiger partial charge in [0.05, 0.1) is 43.5 Å². The first kappa shape index (κ1) is 23.7. The van der Waals surface area contributed by atoms with Gasteiger partial charge in [0.2, 0.25) is 0 Å². The predicted octanol–water partition coefficient (Wildman–Crippen LogP) is 6.59. The molecule has 3 aromatic heterocycles. The fourth-order valence-corrected chi connectivity index (χ4v) is 6.24. The maximum absolute atomic E-state index is 13.6. The van der Waals surface area contributed by atoms with Crippen LogP contribution in [-0.2, 0) is 16.1 Å². The van der Waals surface area contributed by atoms with Gasteiger partial charge in [0.1, 0.15) is 6.54 Å². The summed E-state index contributed by atoms with van der Waals surface area (Å²) in [6.07, 6.45) is 0. The van der Waals surface area contributed by atoms with Crippen molar-refractivity contribution < 1.29 is 14.3 Å². The van der Waals surface area contributed by atoms with Gasteiger partial charge in [-0.2, -0.15) is 4.99 Å². The van der Waals surface area contributed by atoms with E-state index in [4.69, 9.17) is 32.9 Å². The lowest BCUT2D eigenvalue weighted by atomic mass is 10.1. The zero-order chi connectivity index (χ0) is 24.5. The third-order valence-electron chi connectivity index (χ3n) is 5.21. The van der Waals surface area contributed by atoms with E-state index in [0.717, 1.165) is 4.88 Å². The zero-order valence-electron chi connectivity index (χ0n) is 18.3. The summed E-state index contributed by atoms with van der Waals surface area (Å²) in [6, 6.07) is 16.4. The van der Waals surface area contributed by atoms with Crippen molar-refractivity contribution in [1.29, 1.82) is 0 Å². The minimum atomic E-state index is -0.457. The highest BCUT2D eigenvalue weighted by Gasteiger charge is 2.18. The monoisotopic (exact) mass is 541 g/mol. The van der Waals surface area contributed by atoms with Crippen LogP contribution in [0.15, 0.2) is 65.0 Å². The van der Waals surface area contributed by atoms with Crippen LogP contribution in [0.2, 0.25) is 10.0 Å². The number of nitrogens with zero attached hydrogens (tertiary/aromatic N) is 3. The van der Waals surface area contributed by atoms with Crippen LogP contribution in [0.25, 0.3) is 31.7 Å². The van der Waals surface area contributed by atoms with Crippen molar-refractivity contribution in [2.75, 3.05) is 6.61 Å². The molecule has 10 heteroatoms. The molecule has 3 heterocycles. The fraction of sp³-hybridized carbons (Fsp3) is 0.120. The van der Waals surface area contributed by atoms with Crippen LogP contribution >= 0.6 is 45.9 Å². The molecule has 176 valence electrons. The van der Waals surface area contributed by atoms with E-state index in [2.05, 4.69) is 4.99 Å². The van der Waals surface area contributed by atoms with E-state index in [-0.39, 0.29) is 13.2 Å². The lowest BCUT2D eigenvalue weighted by molar-refractivity contribution is -0.143. The number of para-hydroxylation sites is 1. The number of benzene rings is 2. The van der Waals surface area contributed by atoms with E-state index < -0.39 is 11.9 Å². The minimum Gasteiger partial charge on any atom is -0.465 e. The molecule has 0 atom stereocenters. The van der Waals surface area contributed by atoms with E-state index in [1.807, 2.05) is 41.8 Å². The Labute approximate surface area is 218 Å². The van der Waals surface area contributed by atoms with Crippen molar-refractivity contribution in [2.24, 2.45) is 4.99 Å². The van der Waals surface area contributed by atoms with E-state index >= 15 is 0 Å². The van der Waals surface area contributed by atoms with Crippen LogP contribution in [0.1, 0.15) is 17.3 Å². The minimum absolute atomic E-state index is 0.140. The first-order valence-corrected chi connectivity index (χ1v) is 13.1. The number of ether oxygens (including phenoxy) is 1. The van der Waals surface area contributed by atoms with Gasteiger partial charge in [0.25, 0.3) is 5.91 Å². The highest BCUT2D eigenvalue weighted by molar-refractivity contribution is 7.16. The number of hydrogen-bond acceptors (Lipinski definition) is 6. The number of aromatic nitrogens is 2. The number of amides is 1. The van der Waals surface area contributed by atoms with Crippen molar-refractivity contribution in [3.05, 3.63) is 80.4 Å². The summed E-state index contributed by atoms with van der Waals surface area (Å²) in [5.41, 5.74) is 2.38. The molecule has 6 nitrogen and oxygen atoms in total. The fourth-order valence-electron chi connectivity index (χ4n) is 3.75. The van der Waals surface area contributed by atoms with Gasteiger partial charge < -0.3 is 9.30 Å². The number of fused-ring (bicyclic) bond motifs is 2. The molecular weight excluding hydrogens is 525 g/mol. The Kier molecular flexibility index (Phi) is 6.71. The number of thiazole rings is 1. The van der Waals surface area contributed by atoms with E-state index in [9.17, 15) is 9.59 Å². The molecule has 0 spiro atoms. The number of carbonyl (C=O) groups is 2. The Hall–Kier alpha value is -3.04. The van der Waals surface area contributed by atoms with Gasteiger partial charge in [-0.3, -0.25) is 9.59 Å². The third-order valence-corrected chi connectivity index (χ3v) is 7.63. The van der Waals surface area contributed by atoms with Gasteiger partial charge >= 0.3 is 5.97 Å². The third kappa shape index (κ3) is 4.75. The molecule has 1 amide bonds. The summed E-state index contributed by atoms with van der Waals surface area (Å²) in [4.78, 5) is 36.3. The van der Waals surface area contributed by atoms with Gasteiger partial charge in [-0.1, -0.05) is 58.8 Å². The average molecular weight is 542 g/mol. The van der Waals surface area contributed by atoms with Crippen LogP contribution < -0.4 is 4.80 Å². The summed E-state index contributed by atoms with van der Waals surface area (Å²) < 4.78 is 7.43. The molecule has 2 aromatic carbocycles. The molecule has 0 saturated carbocycles. The van der Waals surface area contributed by atoms with Gasteiger partial charge in [0.15, 0.2) is 4.80 Å². The average Bonchev–Trinajstić information content (AvgIpc) is 3.47. The Morgan fingerprint density at radius 1 is 1.11 bits per heavy atom. The summed E-state index contributed by atoms with van der Waals surface area (Å²) in [5.74, 6) is -0.908. The smallest absolute Gasteiger partial charge is 0.326 e. The second kappa shape index (κ2) is 9.91. The lowest BCUT2D eigenvalue weighted by Gasteiger charge is -2.07. The molecular formula is C25H17Cl2N3O3S2. The molecule has 35 heavy (non-hydrogen) atoms. The number of rotatable bonds is 5. The molecule has 0 aliphatic carbocycles. The van der Waals surface area contributed by atoms with Crippen molar-refractivity contribution in [2.45, 2.75) is 13.5 Å². The topological polar surface area (TPSA) is 73.6 Å². The van der Waals surface area contributed by atoms with Gasteiger partial charge in [-0.05, 0) is 42.6 Å². The number of hydrogen-bond donors (Lipinski definition) is 0. The zero-order valence-corrected chi connectivity index (χ0v) is 21.5. The van der Waals surface area contributed by atoms with E-state index in [1.54, 1.807) is 41.0 Å². The second-order valence-electron chi connectivity index (χ2n) is 7.48. The number of esters is 1. The quantitative estimate of drug-likeness (QED) is 0.235. The summed E-state index contributed by atoms with van der Waals surface area (Å²) in [5, 5.41) is 3.46. The lowest BCUT2D eigenvalue weighted by Crippen LogP contribution is -2.23. The number of halogens is 2. The van der Waals surface area contributed by atoms with Gasteiger partial charge in [-0.15, -0.1) is 11.3 Å². The maximum atomic E-state index is 13.6. The van der Waals surface area contributed by atoms with E-state index in [0.29, 0.717) is 47.2 Å². The molecule has 0 unspecified atom stereocenters. The van der Waals surface area contributed by atoms with Crippen LogP contribution in [0.5, 0.6) is 0 Å². The Balaban J connectivity index is 1.70. The van der Waals surface area contributed by atoms with E-state index in [1.165, 1.54) is 11.3 Å². The molecule has 0 N–H and O–H groups in total.